The minimum Gasteiger partial charge on any atom is -0.508 e. The molecule has 1 aliphatic carbocycles. The molecule has 2 aliphatic rings. The summed E-state index contributed by atoms with van der Waals surface area (Å²) >= 11 is 0. The van der Waals surface area contributed by atoms with Gasteiger partial charge in [-0.25, -0.2) is 0 Å². The largest absolute Gasteiger partial charge is 0.508 e. The smallest absolute Gasteiger partial charge is 0.233 e. The lowest BCUT2D eigenvalue weighted by molar-refractivity contribution is -0.138. The zero-order valence-electron chi connectivity index (χ0n) is 19.5. The van der Waals surface area contributed by atoms with Crippen LogP contribution in [0.25, 0.3) is 11.6 Å². The molecule has 0 spiro atoms. The number of hydrogen-bond donors (Lipinski definition) is 3. The number of rotatable bonds is 7. The van der Waals surface area contributed by atoms with Gasteiger partial charge in [0.25, 0.3) is 0 Å². The quantitative estimate of drug-likeness (QED) is 0.332. The second-order valence-electron chi connectivity index (χ2n) is 9.28. The molecule has 0 unspecified atom stereocenters. The van der Waals surface area contributed by atoms with Gasteiger partial charge in [0.2, 0.25) is 11.8 Å². The average molecular weight is 462 g/mol. The van der Waals surface area contributed by atoms with Crippen LogP contribution in [0.4, 0.5) is 0 Å². The molecule has 1 heterocycles. The van der Waals surface area contributed by atoms with Gasteiger partial charge in [-0.1, -0.05) is 54.1 Å². The van der Waals surface area contributed by atoms with Gasteiger partial charge in [0.05, 0.1) is 24.5 Å². The van der Waals surface area contributed by atoms with E-state index in [1.807, 2.05) is 55.5 Å². The maximum Gasteiger partial charge on any atom is 0.233 e. The molecule has 3 N–H and O–H groups in total. The Morgan fingerprint density at radius 1 is 1.09 bits per heavy atom. The molecule has 6 heteroatoms. The highest BCUT2D eigenvalue weighted by Crippen LogP contribution is 2.45. The van der Waals surface area contributed by atoms with Gasteiger partial charge in [0.15, 0.2) is 0 Å². The number of amides is 2. The number of aliphatic hydroxyl groups is 2. The Hall–Kier alpha value is -3.22. The number of likely N-dealkylation sites (tertiary alicyclic amines) is 1. The van der Waals surface area contributed by atoms with E-state index in [1.165, 1.54) is 7.05 Å². The van der Waals surface area contributed by atoms with Crippen molar-refractivity contribution >= 4 is 23.5 Å². The van der Waals surface area contributed by atoms with Crippen molar-refractivity contribution in [2.75, 3.05) is 13.7 Å². The predicted molar refractivity (Wildman–Crippen MR) is 130 cm³/mol. The Balaban J connectivity index is 1.59. The van der Waals surface area contributed by atoms with Crippen LogP contribution in [0.2, 0.25) is 0 Å². The van der Waals surface area contributed by atoms with E-state index < -0.39 is 23.9 Å². The molecular formula is C28H31NO5. The summed E-state index contributed by atoms with van der Waals surface area (Å²) in [7, 11) is 1.49. The molecule has 0 aromatic heterocycles. The molecule has 2 aromatic carbocycles. The van der Waals surface area contributed by atoms with E-state index in [1.54, 1.807) is 12.1 Å². The molecule has 4 atom stereocenters. The Kier molecular flexibility index (Phi) is 7.00. The number of carbonyl (C=O) groups is 2. The number of aromatic hydroxyl groups is 1. The van der Waals surface area contributed by atoms with E-state index in [-0.39, 0.29) is 24.2 Å². The van der Waals surface area contributed by atoms with Crippen LogP contribution in [-0.4, -0.2) is 51.8 Å². The third-order valence-electron chi connectivity index (χ3n) is 7.17. The summed E-state index contributed by atoms with van der Waals surface area (Å²) in [6, 6.07) is 16.9. The van der Waals surface area contributed by atoms with E-state index >= 15 is 0 Å². The Labute approximate surface area is 199 Å². The normalized spacial score (nSPS) is 23.9. The fourth-order valence-corrected chi connectivity index (χ4v) is 5.45. The molecular weight excluding hydrogens is 430 g/mol. The lowest BCUT2D eigenvalue weighted by Crippen LogP contribution is -2.38. The fourth-order valence-electron chi connectivity index (χ4n) is 5.45. The summed E-state index contributed by atoms with van der Waals surface area (Å²) in [6.45, 7) is 1.60. The summed E-state index contributed by atoms with van der Waals surface area (Å²) in [5.41, 5.74) is 4.58. The van der Waals surface area contributed by atoms with Crippen molar-refractivity contribution < 1.29 is 24.9 Å². The van der Waals surface area contributed by atoms with E-state index in [0.717, 1.165) is 27.2 Å². The van der Waals surface area contributed by atoms with Crippen LogP contribution >= 0.6 is 0 Å². The number of nitrogens with zero attached hydrogens (tertiary/aromatic N) is 1. The first-order valence-electron chi connectivity index (χ1n) is 11.7. The van der Waals surface area contributed by atoms with Crippen LogP contribution in [-0.2, 0) is 9.59 Å². The minimum atomic E-state index is -0.834. The molecule has 1 saturated heterocycles. The molecule has 178 valence electrons. The number of fused-ring (bicyclic) bond motifs is 1. The fraction of sp³-hybridized carbons (Fsp3) is 0.357. The van der Waals surface area contributed by atoms with Crippen molar-refractivity contribution in [1.29, 1.82) is 0 Å². The number of carbonyl (C=O) groups excluding carboxylic acids is 2. The van der Waals surface area contributed by atoms with Crippen molar-refractivity contribution in [1.82, 2.24) is 4.90 Å². The molecule has 0 radical (unpaired) electrons. The molecule has 2 aromatic rings. The summed E-state index contributed by atoms with van der Waals surface area (Å²) in [6.07, 6.45) is 2.62. The van der Waals surface area contributed by atoms with Crippen LogP contribution in [0.15, 0.2) is 65.7 Å². The highest BCUT2D eigenvalue weighted by atomic mass is 16.3. The summed E-state index contributed by atoms with van der Waals surface area (Å²) < 4.78 is 0. The van der Waals surface area contributed by atoms with Gasteiger partial charge < -0.3 is 15.3 Å². The van der Waals surface area contributed by atoms with Crippen LogP contribution in [0, 0.1) is 17.8 Å². The number of hydrogen-bond acceptors (Lipinski definition) is 5. The molecule has 4 rings (SSSR count). The summed E-state index contributed by atoms with van der Waals surface area (Å²) in [5, 5.41) is 31.0. The van der Waals surface area contributed by atoms with Gasteiger partial charge in [0.1, 0.15) is 5.75 Å². The lowest BCUT2D eigenvalue weighted by atomic mass is 9.68. The number of imide groups is 1. The van der Waals surface area contributed by atoms with Crippen molar-refractivity contribution in [3.05, 3.63) is 76.9 Å². The number of phenols is 1. The Morgan fingerprint density at radius 2 is 1.76 bits per heavy atom. The van der Waals surface area contributed by atoms with Gasteiger partial charge in [-0.05, 0) is 60.6 Å². The topological polar surface area (TPSA) is 98.1 Å². The summed E-state index contributed by atoms with van der Waals surface area (Å²) in [5.74, 6) is -1.91. The Bertz CT molecular complexity index is 1120. The number of aliphatic hydroxyl groups excluding tert-OH is 2. The van der Waals surface area contributed by atoms with Gasteiger partial charge in [0, 0.05) is 13.0 Å². The van der Waals surface area contributed by atoms with Gasteiger partial charge in [-0.2, -0.15) is 0 Å². The predicted octanol–water partition coefficient (Wildman–Crippen LogP) is 3.63. The lowest BCUT2D eigenvalue weighted by Gasteiger charge is -2.35. The van der Waals surface area contributed by atoms with Gasteiger partial charge >= 0.3 is 0 Å². The van der Waals surface area contributed by atoms with Gasteiger partial charge in [-0.15, -0.1) is 0 Å². The van der Waals surface area contributed by atoms with Crippen molar-refractivity contribution in [3.8, 4) is 5.75 Å². The molecule has 34 heavy (non-hydrogen) atoms. The minimum absolute atomic E-state index is 0.201. The van der Waals surface area contributed by atoms with Crippen LogP contribution in [0.3, 0.4) is 0 Å². The van der Waals surface area contributed by atoms with Crippen molar-refractivity contribution in [2.24, 2.45) is 17.8 Å². The number of benzene rings is 2. The third kappa shape index (κ3) is 4.56. The van der Waals surface area contributed by atoms with E-state index in [9.17, 15) is 24.9 Å². The average Bonchev–Trinajstić information content (AvgIpc) is 3.06. The second-order valence-corrected chi connectivity index (χ2v) is 9.28. The molecule has 1 fully saturated rings. The van der Waals surface area contributed by atoms with Crippen molar-refractivity contribution in [2.45, 2.75) is 32.3 Å². The standard InChI is InChI=1S/C28H31NO5/c1-17-14-22-26(28(34)29(2)27(22)33)23(16-30)25(17)24(32)13-10-20(19-6-4-3-5-7-19)15-18-8-11-21(31)12-9-18/h3-9,11-12,15,22-24,26,30-32H,10,13-14,16H2,1-2H3/b20-15-/t22-,23+,24-,26-/m1/s1. The first-order valence-corrected chi connectivity index (χ1v) is 11.7. The maximum atomic E-state index is 12.7. The SMILES string of the molecule is CC1=C([C@H](O)CC/C(=C/c2ccc(O)cc2)c2ccccc2)[C@H](CO)[C@@H]2C(=O)N(C)C(=O)[C@@H]2C1. The number of allylic oxidation sites excluding steroid dienone is 2. The van der Waals surface area contributed by atoms with Crippen LogP contribution in [0.5, 0.6) is 5.75 Å². The van der Waals surface area contributed by atoms with Crippen molar-refractivity contribution in [3.63, 3.8) is 0 Å². The molecule has 2 amide bonds. The molecule has 6 nitrogen and oxygen atoms in total. The van der Waals surface area contributed by atoms with E-state index in [4.69, 9.17) is 0 Å². The van der Waals surface area contributed by atoms with Crippen LogP contribution in [0.1, 0.15) is 37.3 Å². The van der Waals surface area contributed by atoms with E-state index in [2.05, 4.69) is 0 Å². The number of phenolic OH excluding ortho intramolecular Hbond substituents is 1. The first kappa shape index (κ1) is 23.9. The molecule has 0 saturated carbocycles. The third-order valence-corrected chi connectivity index (χ3v) is 7.17. The first-order chi connectivity index (χ1) is 16.3. The monoisotopic (exact) mass is 461 g/mol. The summed E-state index contributed by atoms with van der Waals surface area (Å²) in [4.78, 5) is 26.4. The van der Waals surface area contributed by atoms with E-state index in [0.29, 0.717) is 24.8 Å². The van der Waals surface area contributed by atoms with Gasteiger partial charge in [-0.3, -0.25) is 14.5 Å². The maximum absolute atomic E-state index is 12.7. The molecule has 1 aliphatic heterocycles. The highest BCUT2D eigenvalue weighted by molar-refractivity contribution is 6.05. The zero-order chi connectivity index (χ0) is 24.4. The van der Waals surface area contributed by atoms with Crippen LogP contribution < -0.4 is 0 Å². The Morgan fingerprint density at radius 3 is 2.41 bits per heavy atom. The molecule has 0 bridgehead atoms. The highest BCUT2D eigenvalue weighted by Gasteiger charge is 2.53. The zero-order valence-corrected chi connectivity index (χ0v) is 19.5. The second kappa shape index (κ2) is 9.95.